The van der Waals surface area contributed by atoms with E-state index in [1.165, 1.54) is 0 Å². The van der Waals surface area contributed by atoms with Gasteiger partial charge < -0.3 is 19.7 Å². The average Bonchev–Trinajstić information content (AvgIpc) is 2.99. The van der Waals surface area contributed by atoms with Gasteiger partial charge in [-0.25, -0.2) is 0 Å². The number of ether oxygens (including phenoxy) is 1. The van der Waals surface area contributed by atoms with Gasteiger partial charge in [-0.2, -0.15) is 0 Å². The smallest absolute Gasteiger partial charge is 0.252 e. The summed E-state index contributed by atoms with van der Waals surface area (Å²) in [6.07, 6.45) is 2.88. The maximum Gasteiger partial charge on any atom is 0.252 e. The molecule has 0 aliphatic rings. The van der Waals surface area contributed by atoms with Crippen LogP contribution in [0, 0.1) is 5.92 Å². The molecule has 0 aliphatic heterocycles. The van der Waals surface area contributed by atoms with Crippen LogP contribution in [-0.4, -0.2) is 41.9 Å². The molecule has 0 aliphatic carbocycles. The number of carbonyl (C=O) groups excluding carboxylic acids is 1. The Morgan fingerprint density at radius 3 is 2.83 bits per heavy atom. The summed E-state index contributed by atoms with van der Waals surface area (Å²) in [5, 5.41) is 13.4. The highest BCUT2D eigenvalue weighted by Crippen LogP contribution is 2.21. The third-order valence-corrected chi connectivity index (χ3v) is 4.44. The lowest BCUT2D eigenvalue weighted by molar-refractivity contribution is 0.0893. The zero-order valence-electron chi connectivity index (χ0n) is 14.1. The van der Waals surface area contributed by atoms with Crippen LogP contribution in [0.4, 0.5) is 0 Å². The largest absolute Gasteiger partial charge is 0.394 e. The molecule has 2 rings (SSSR count). The lowest BCUT2D eigenvalue weighted by atomic mass is 9.99. The van der Waals surface area contributed by atoms with Crippen molar-refractivity contribution in [1.29, 1.82) is 0 Å². The van der Waals surface area contributed by atoms with Crippen LogP contribution in [0.3, 0.4) is 0 Å². The maximum atomic E-state index is 12.6. The molecule has 2 N–H and O–H groups in total. The predicted octanol–water partition coefficient (Wildman–Crippen LogP) is 2.42. The molecule has 2 aromatic rings. The normalized spacial score (nSPS) is 13.9. The number of nitrogens with one attached hydrogen (secondary N) is 1. The van der Waals surface area contributed by atoms with E-state index < -0.39 is 0 Å². The summed E-state index contributed by atoms with van der Waals surface area (Å²) in [6.45, 7) is 5.41. The lowest BCUT2D eigenvalue weighted by Crippen LogP contribution is -2.41. The molecule has 0 radical (unpaired) electrons. The average molecular weight is 318 g/mol. The zero-order chi connectivity index (χ0) is 16.8. The molecule has 5 heteroatoms. The van der Waals surface area contributed by atoms with Gasteiger partial charge in [0.15, 0.2) is 0 Å². The van der Waals surface area contributed by atoms with E-state index >= 15 is 0 Å². The highest BCUT2D eigenvalue weighted by Gasteiger charge is 2.19. The third kappa shape index (κ3) is 3.92. The van der Waals surface area contributed by atoms with Gasteiger partial charge in [0.1, 0.15) is 0 Å². The molecule has 2 atom stereocenters. The number of hydrogen-bond acceptors (Lipinski definition) is 3. The SMILES string of the molecule is CC[C@H](C)[C@H](CO)NC(=O)c1cccc2c1ccn2CCOC. The van der Waals surface area contributed by atoms with Crippen molar-refractivity contribution in [3.63, 3.8) is 0 Å². The summed E-state index contributed by atoms with van der Waals surface area (Å²) >= 11 is 0. The molecule has 0 unspecified atom stereocenters. The minimum absolute atomic E-state index is 0.0500. The Morgan fingerprint density at radius 1 is 1.39 bits per heavy atom. The second kappa shape index (κ2) is 8.13. The minimum Gasteiger partial charge on any atom is -0.394 e. The third-order valence-electron chi connectivity index (χ3n) is 4.44. The first-order valence-corrected chi connectivity index (χ1v) is 8.10. The predicted molar refractivity (Wildman–Crippen MR) is 91.6 cm³/mol. The minimum atomic E-state index is -0.224. The number of aliphatic hydroxyl groups excluding tert-OH is 1. The number of aliphatic hydroxyl groups is 1. The van der Waals surface area contributed by atoms with E-state index in [0.717, 1.165) is 23.9 Å². The van der Waals surface area contributed by atoms with Crippen molar-refractivity contribution in [2.45, 2.75) is 32.9 Å². The van der Waals surface area contributed by atoms with Crippen molar-refractivity contribution in [2.24, 2.45) is 5.92 Å². The van der Waals surface area contributed by atoms with Crippen molar-refractivity contribution in [3.05, 3.63) is 36.0 Å². The van der Waals surface area contributed by atoms with E-state index in [-0.39, 0.29) is 24.5 Å². The van der Waals surface area contributed by atoms with Crippen molar-refractivity contribution >= 4 is 16.8 Å². The Labute approximate surface area is 137 Å². The fourth-order valence-electron chi connectivity index (χ4n) is 2.70. The number of aromatic nitrogens is 1. The second-order valence-corrected chi connectivity index (χ2v) is 5.89. The van der Waals surface area contributed by atoms with Gasteiger partial charge in [-0.1, -0.05) is 26.3 Å². The number of carbonyl (C=O) groups is 1. The molecule has 0 saturated carbocycles. The second-order valence-electron chi connectivity index (χ2n) is 5.89. The number of fused-ring (bicyclic) bond motifs is 1. The summed E-state index contributed by atoms with van der Waals surface area (Å²) in [7, 11) is 1.68. The summed E-state index contributed by atoms with van der Waals surface area (Å²) in [4.78, 5) is 12.6. The summed E-state index contributed by atoms with van der Waals surface area (Å²) in [5.41, 5.74) is 1.65. The van der Waals surface area contributed by atoms with E-state index in [2.05, 4.69) is 16.8 Å². The Bertz CT molecular complexity index is 651. The number of hydrogen-bond donors (Lipinski definition) is 2. The van der Waals surface area contributed by atoms with Gasteiger partial charge in [0.2, 0.25) is 0 Å². The zero-order valence-corrected chi connectivity index (χ0v) is 14.1. The number of benzene rings is 1. The van der Waals surface area contributed by atoms with Crippen LogP contribution < -0.4 is 5.32 Å². The lowest BCUT2D eigenvalue weighted by Gasteiger charge is -2.22. The van der Waals surface area contributed by atoms with Crippen LogP contribution >= 0.6 is 0 Å². The van der Waals surface area contributed by atoms with Crippen LogP contribution in [0.1, 0.15) is 30.6 Å². The van der Waals surface area contributed by atoms with Gasteiger partial charge in [0.25, 0.3) is 5.91 Å². The number of amides is 1. The van der Waals surface area contributed by atoms with E-state index in [1.807, 2.05) is 37.4 Å². The quantitative estimate of drug-likeness (QED) is 0.786. The highest BCUT2D eigenvalue weighted by atomic mass is 16.5. The summed E-state index contributed by atoms with van der Waals surface area (Å²) in [6, 6.07) is 7.44. The van der Waals surface area contributed by atoms with E-state index in [1.54, 1.807) is 7.11 Å². The van der Waals surface area contributed by atoms with E-state index in [0.29, 0.717) is 12.2 Å². The maximum absolute atomic E-state index is 12.6. The topological polar surface area (TPSA) is 63.5 Å². The van der Waals surface area contributed by atoms with Gasteiger partial charge >= 0.3 is 0 Å². The molecular weight excluding hydrogens is 292 g/mol. The van der Waals surface area contributed by atoms with Crippen LogP contribution in [0.15, 0.2) is 30.5 Å². The van der Waals surface area contributed by atoms with E-state index in [4.69, 9.17) is 4.74 Å². The molecule has 23 heavy (non-hydrogen) atoms. The van der Waals surface area contributed by atoms with Gasteiger partial charge in [0, 0.05) is 36.3 Å². The molecule has 1 aromatic carbocycles. The van der Waals surface area contributed by atoms with Crippen LogP contribution in [0.25, 0.3) is 10.9 Å². The van der Waals surface area contributed by atoms with Crippen molar-refractivity contribution in [1.82, 2.24) is 9.88 Å². The molecule has 0 spiro atoms. The first-order valence-electron chi connectivity index (χ1n) is 8.10. The molecule has 1 aromatic heterocycles. The van der Waals surface area contributed by atoms with Gasteiger partial charge in [-0.05, 0) is 24.1 Å². The van der Waals surface area contributed by atoms with Crippen LogP contribution in [-0.2, 0) is 11.3 Å². The molecule has 1 heterocycles. The van der Waals surface area contributed by atoms with Gasteiger partial charge in [-0.3, -0.25) is 4.79 Å². The highest BCUT2D eigenvalue weighted by molar-refractivity contribution is 6.06. The molecule has 0 bridgehead atoms. The van der Waals surface area contributed by atoms with Gasteiger partial charge in [0.05, 0.1) is 19.3 Å². The Kier molecular flexibility index (Phi) is 6.19. The van der Waals surface area contributed by atoms with Gasteiger partial charge in [-0.15, -0.1) is 0 Å². The number of methoxy groups -OCH3 is 1. The fraction of sp³-hybridized carbons (Fsp3) is 0.500. The van der Waals surface area contributed by atoms with Crippen LogP contribution in [0.2, 0.25) is 0 Å². The van der Waals surface area contributed by atoms with E-state index in [9.17, 15) is 9.90 Å². The first kappa shape index (κ1) is 17.5. The first-order chi connectivity index (χ1) is 11.1. The number of rotatable bonds is 8. The van der Waals surface area contributed by atoms with Crippen molar-refractivity contribution < 1.29 is 14.6 Å². The summed E-state index contributed by atoms with van der Waals surface area (Å²) in [5.74, 6) is 0.0916. The molecule has 5 nitrogen and oxygen atoms in total. The van der Waals surface area contributed by atoms with Crippen LogP contribution in [0.5, 0.6) is 0 Å². The Hall–Kier alpha value is -1.85. The molecule has 0 fully saturated rings. The Morgan fingerprint density at radius 2 is 2.17 bits per heavy atom. The molecular formula is C18H26N2O3. The monoisotopic (exact) mass is 318 g/mol. The molecule has 0 saturated heterocycles. The van der Waals surface area contributed by atoms with Crippen molar-refractivity contribution in [3.8, 4) is 0 Å². The number of nitrogens with zero attached hydrogens (tertiary/aromatic N) is 1. The summed E-state index contributed by atoms with van der Waals surface area (Å²) < 4.78 is 7.20. The van der Waals surface area contributed by atoms with Crippen molar-refractivity contribution in [2.75, 3.05) is 20.3 Å². The molecule has 1 amide bonds. The fourth-order valence-corrected chi connectivity index (χ4v) is 2.70. The standard InChI is InChI=1S/C18H26N2O3/c1-4-13(2)16(12-21)19-18(22)15-6-5-7-17-14(15)8-9-20(17)10-11-23-3/h5-9,13,16,21H,4,10-12H2,1-3H3,(H,19,22)/t13-,16-/m0/s1. The Balaban J connectivity index is 2.25. The molecule has 126 valence electrons.